The third kappa shape index (κ3) is 2.47. The highest BCUT2D eigenvalue weighted by Gasteiger charge is 2.49. The van der Waals surface area contributed by atoms with E-state index in [9.17, 15) is 4.79 Å². The Morgan fingerprint density at radius 3 is 3.06 bits per heavy atom. The highest BCUT2D eigenvalue weighted by atomic mass is 16.5. The Morgan fingerprint density at radius 2 is 2.35 bits per heavy atom. The van der Waals surface area contributed by atoms with Gasteiger partial charge in [-0.15, -0.1) is 0 Å². The van der Waals surface area contributed by atoms with Gasteiger partial charge in [-0.2, -0.15) is 0 Å². The Labute approximate surface area is 104 Å². The molecule has 4 heteroatoms. The van der Waals surface area contributed by atoms with Gasteiger partial charge in [0.05, 0.1) is 13.5 Å². The average Bonchev–Trinajstić information content (AvgIpc) is 2.91. The first-order chi connectivity index (χ1) is 8.22. The molecule has 17 heavy (non-hydrogen) atoms. The molecular weight excluding hydrogens is 216 g/mol. The van der Waals surface area contributed by atoms with Gasteiger partial charge in [-0.1, -0.05) is 6.92 Å². The molecule has 2 rings (SSSR count). The van der Waals surface area contributed by atoms with E-state index in [0.717, 1.165) is 25.9 Å². The van der Waals surface area contributed by atoms with Crippen molar-refractivity contribution in [3.8, 4) is 0 Å². The van der Waals surface area contributed by atoms with Crippen molar-refractivity contribution in [2.75, 3.05) is 26.7 Å². The predicted molar refractivity (Wildman–Crippen MR) is 66.9 cm³/mol. The fourth-order valence-corrected chi connectivity index (χ4v) is 3.41. The van der Waals surface area contributed by atoms with E-state index in [1.54, 1.807) is 0 Å². The number of rotatable bonds is 5. The molecule has 1 N–H and O–H groups in total. The number of methoxy groups -OCH3 is 1. The van der Waals surface area contributed by atoms with Crippen LogP contribution in [0, 0.1) is 0 Å². The van der Waals surface area contributed by atoms with Crippen LogP contribution in [0.25, 0.3) is 0 Å². The number of ether oxygens (including phenoxy) is 1. The molecule has 2 aliphatic heterocycles. The van der Waals surface area contributed by atoms with Gasteiger partial charge in [0.1, 0.15) is 0 Å². The van der Waals surface area contributed by atoms with Crippen molar-refractivity contribution < 1.29 is 9.53 Å². The molecule has 0 radical (unpaired) electrons. The Bertz CT molecular complexity index is 283. The summed E-state index contributed by atoms with van der Waals surface area (Å²) >= 11 is 0. The third-order valence-electron chi connectivity index (χ3n) is 4.26. The topological polar surface area (TPSA) is 41.6 Å². The number of esters is 1. The van der Waals surface area contributed by atoms with Gasteiger partial charge in [0.25, 0.3) is 0 Å². The zero-order valence-electron chi connectivity index (χ0n) is 11.0. The maximum atomic E-state index is 11.6. The summed E-state index contributed by atoms with van der Waals surface area (Å²) in [5, 5.41) is 3.64. The van der Waals surface area contributed by atoms with Gasteiger partial charge >= 0.3 is 5.97 Å². The van der Waals surface area contributed by atoms with Crippen molar-refractivity contribution >= 4 is 5.97 Å². The lowest BCUT2D eigenvalue weighted by Gasteiger charge is -2.35. The lowest BCUT2D eigenvalue weighted by molar-refractivity contribution is -0.142. The van der Waals surface area contributed by atoms with Gasteiger partial charge in [-0.05, 0) is 38.8 Å². The van der Waals surface area contributed by atoms with Crippen LogP contribution in [0.5, 0.6) is 0 Å². The summed E-state index contributed by atoms with van der Waals surface area (Å²) in [6.45, 7) is 5.47. The standard InChI is InChI=1S/C13H24N2O2/c1-3-7-14-13(10-12(16)17-2)6-9-15-8-4-5-11(13)15/h11,14H,3-10H2,1-2H3. The minimum atomic E-state index is -0.0812. The van der Waals surface area contributed by atoms with Crippen LogP contribution >= 0.6 is 0 Å². The fourth-order valence-electron chi connectivity index (χ4n) is 3.41. The normalized spacial score (nSPS) is 32.7. The van der Waals surface area contributed by atoms with Crippen LogP contribution < -0.4 is 5.32 Å². The average molecular weight is 240 g/mol. The van der Waals surface area contributed by atoms with Crippen molar-refractivity contribution in [2.24, 2.45) is 0 Å². The summed E-state index contributed by atoms with van der Waals surface area (Å²) < 4.78 is 4.87. The summed E-state index contributed by atoms with van der Waals surface area (Å²) in [5.74, 6) is -0.0812. The summed E-state index contributed by atoms with van der Waals surface area (Å²) in [4.78, 5) is 14.2. The Balaban J connectivity index is 2.09. The van der Waals surface area contributed by atoms with E-state index in [4.69, 9.17) is 4.74 Å². The first-order valence-electron chi connectivity index (χ1n) is 6.78. The molecule has 4 nitrogen and oxygen atoms in total. The minimum absolute atomic E-state index is 0.0282. The van der Waals surface area contributed by atoms with Crippen molar-refractivity contribution in [2.45, 2.75) is 50.6 Å². The zero-order valence-corrected chi connectivity index (χ0v) is 11.0. The summed E-state index contributed by atoms with van der Waals surface area (Å²) in [6.07, 6.45) is 5.18. The first kappa shape index (κ1) is 12.8. The first-order valence-corrected chi connectivity index (χ1v) is 6.78. The second kappa shape index (κ2) is 5.36. The van der Waals surface area contributed by atoms with Gasteiger partial charge in [0.15, 0.2) is 0 Å². The Kier molecular flexibility index (Phi) is 4.05. The van der Waals surface area contributed by atoms with Crippen LogP contribution in [0.3, 0.4) is 0 Å². The molecule has 2 saturated heterocycles. The monoisotopic (exact) mass is 240 g/mol. The molecule has 2 heterocycles. The van der Waals surface area contributed by atoms with E-state index in [1.165, 1.54) is 26.5 Å². The second-order valence-corrected chi connectivity index (χ2v) is 5.28. The molecule has 2 aliphatic rings. The van der Waals surface area contributed by atoms with Crippen LogP contribution in [0.4, 0.5) is 0 Å². The number of carbonyl (C=O) groups excluding carboxylic acids is 1. The van der Waals surface area contributed by atoms with E-state index < -0.39 is 0 Å². The van der Waals surface area contributed by atoms with E-state index in [0.29, 0.717) is 12.5 Å². The Hall–Kier alpha value is -0.610. The van der Waals surface area contributed by atoms with E-state index in [2.05, 4.69) is 17.1 Å². The van der Waals surface area contributed by atoms with Crippen LogP contribution in [-0.2, 0) is 9.53 Å². The van der Waals surface area contributed by atoms with Crippen LogP contribution in [0.1, 0.15) is 39.0 Å². The Morgan fingerprint density at radius 1 is 1.53 bits per heavy atom. The molecule has 2 fully saturated rings. The van der Waals surface area contributed by atoms with E-state index in [-0.39, 0.29) is 11.5 Å². The molecule has 0 aromatic heterocycles. The second-order valence-electron chi connectivity index (χ2n) is 5.28. The number of hydrogen-bond acceptors (Lipinski definition) is 4. The smallest absolute Gasteiger partial charge is 0.307 e. The number of nitrogens with one attached hydrogen (secondary N) is 1. The highest BCUT2D eigenvalue weighted by molar-refractivity contribution is 5.71. The van der Waals surface area contributed by atoms with Crippen molar-refractivity contribution in [1.82, 2.24) is 10.2 Å². The highest BCUT2D eigenvalue weighted by Crippen LogP contribution is 2.38. The SMILES string of the molecule is CCCNC1(CC(=O)OC)CCN2CCCC21. The molecule has 0 spiro atoms. The third-order valence-corrected chi connectivity index (χ3v) is 4.26. The van der Waals surface area contributed by atoms with E-state index >= 15 is 0 Å². The van der Waals surface area contributed by atoms with Crippen molar-refractivity contribution in [1.29, 1.82) is 0 Å². The van der Waals surface area contributed by atoms with Crippen LogP contribution in [0.2, 0.25) is 0 Å². The lowest BCUT2D eigenvalue weighted by Crippen LogP contribution is -2.54. The van der Waals surface area contributed by atoms with Gasteiger partial charge in [0.2, 0.25) is 0 Å². The van der Waals surface area contributed by atoms with Gasteiger partial charge < -0.3 is 10.1 Å². The molecule has 2 atom stereocenters. The zero-order chi connectivity index (χ0) is 12.3. The molecule has 98 valence electrons. The maximum absolute atomic E-state index is 11.6. The molecule has 0 aromatic rings. The van der Waals surface area contributed by atoms with Crippen LogP contribution in [-0.4, -0.2) is 49.2 Å². The summed E-state index contributed by atoms with van der Waals surface area (Å²) in [5.41, 5.74) is -0.0282. The van der Waals surface area contributed by atoms with E-state index in [1.807, 2.05) is 0 Å². The number of nitrogens with zero attached hydrogens (tertiary/aromatic N) is 1. The number of carbonyl (C=O) groups is 1. The maximum Gasteiger partial charge on any atom is 0.307 e. The van der Waals surface area contributed by atoms with Crippen LogP contribution in [0.15, 0.2) is 0 Å². The van der Waals surface area contributed by atoms with Crippen molar-refractivity contribution in [3.05, 3.63) is 0 Å². The van der Waals surface area contributed by atoms with Gasteiger partial charge in [-0.3, -0.25) is 9.69 Å². The predicted octanol–water partition coefficient (Wildman–Crippen LogP) is 1.16. The minimum Gasteiger partial charge on any atom is -0.469 e. The fraction of sp³-hybridized carbons (Fsp3) is 0.923. The molecule has 2 unspecified atom stereocenters. The molecule has 0 amide bonds. The largest absolute Gasteiger partial charge is 0.469 e. The summed E-state index contributed by atoms with van der Waals surface area (Å²) in [7, 11) is 1.48. The molecule has 0 aliphatic carbocycles. The quantitative estimate of drug-likeness (QED) is 0.732. The lowest BCUT2D eigenvalue weighted by atomic mass is 9.85. The molecule has 0 saturated carbocycles. The number of hydrogen-bond donors (Lipinski definition) is 1. The number of fused-ring (bicyclic) bond motifs is 1. The molecule has 0 aromatic carbocycles. The van der Waals surface area contributed by atoms with Gasteiger partial charge in [-0.25, -0.2) is 0 Å². The molecular formula is C13H24N2O2. The summed E-state index contributed by atoms with van der Waals surface area (Å²) in [6, 6.07) is 0.535. The van der Waals surface area contributed by atoms with Gasteiger partial charge in [0, 0.05) is 18.1 Å². The van der Waals surface area contributed by atoms with Crippen molar-refractivity contribution in [3.63, 3.8) is 0 Å². The molecule has 0 bridgehead atoms.